The maximum Gasteiger partial charge on any atom is 0.336 e. The minimum Gasteiger partial charge on any atom is -0.488 e. The van der Waals surface area contributed by atoms with Gasteiger partial charge in [0.15, 0.2) is 5.78 Å². The number of nitrogens with one attached hydrogen (secondary N) is 1. The number of esters is 1. The zero-order valence-electron chi connectivity index (χ0n) is 19.3. The molecule has 1 N–H and O–H groups in total. The molecular weight excluding hydrogens is 612 g/mol. The van der Waals surface area contributed by atoms with Gasteiger partial charge in [-0.05, 0) is 64.9 Å². The zero-order valence-corrected chi connectivity index (χ0v) is 23.0. The van der Waals surface area contributed by atoms with Gasteiger partial charge in [-0.15, -0.1) is 0 Å². The van der Waals surface area contributed by atoms with E-state index in [0.717, 1.165) is 26.0 Å². The number of Topliss-reactive ketones (excluding diaryl/α,β-unsaturated/α-hetero) is 1. The monoisotopic (exact) mass is 631 g/mol. The van der Waals surface area contributed by atoms with Crippen LogP contribution in [0.3, 0.4) is 0 Å². The Balaban J connectivity index is 1.52. The lowest BCUT2D eigenvalue weighted by molar-refractivity contribution is -0.136. The molecule has 182 valence electrons. The number of carbonyl (C=O) groups is 2. The van der Waals surface area contributed by atoms with E-state index in [2.05, 4.69) is 27.9 Å². The van der Waals surface area contributed by atoms with E-state index in [-0.39, 0.29) is 5.78 Å². The number of halogens is 3. The summed E-state index contributed by atoms with van der Waals surface area (Å²) in [6.45, 7) is 2.14. The van der Waals surface area contributed by atoms with E-state index in [4.69, 9.17) is 32.7 Å². The predicted molar refractivity (Wildman–Crippen MR) is 148 cm³/mol. The van der Waals surface area contributed by atoms with Crippen LogP contribution in [0.15, 0.2) is 77.5 Å². The first-order valence-corrected chi connectivity index (χ1v) is 12.9. The first-order valence-electron chi connectivity index (χ1n) is 11.1. The van der Waals surface area contributed by atoms with Gasteiger partial charge in [0.25, 0.3) is 0 Å². The molecule has 0 saturated carbocycles. The van der Waals surface area contributed by atoms with Crippen LogP contribution in [-0.4, -0.2) is 18.9 Å². The molecule has 0 radical (unpaired) electrons. The molecule has 0 spiro atoms. The van der Waals surface area contributed by atoms with Crippen LogP contribution in [0.2, 0.25) is 10.0 Å². The number of benzene rings is 3. The third kappa shape index (κ3) is 4.31. The highest BCUT2D eigenvalue weighted by Gasteiger charge is 2.42. The normalized spacial score (nSPS) is 16.5. The molecule has 5 nitrogen and oxygen atoms in total. The molecule has 36 heavy (non-hydrogen) atoms. The largest absolute Gasteiger partial charge is 0.488 e. The van der Waals surface area contributed by atoms with Gasteiger partial charge < -0.3 is 14.8 Å². The number of ether oxygens (including phenoxy) is 2. The van der Waals surface area contributed by atoms with Crippen molar-refractivity contribution in [3.05, 3.63) is 113 Å². The number of methoxy groups -OCH3 is 1. The Morgan fingerprint density at radius 3 is 2.47 bits per heavy atom. The molecule has 1 aliphatic carbocycles. The summed E-state index contributed by atoms with van der Waals surface area (Å²) < 4.78 is 12.0. The average molecular weight is 632 g/mol. The summed E-state index contributed by atoms with van der Waals surface area (Å²) in [5, 5.41) is 4.25. The van der Waals surface area contributed by atoms with Crippen LogP contribution in [0.1, 0.15) is 39.9 Å². The van der Waals surface area contributed by atoms with Crippen molar-refractivity contribution in [1.82, 2.24) is 5.32 Å². The highest BCUT2D eigenvalue weighted by molar-refractivity contribution is 14.1. The predicted octanol–water partition coefficient (Wildman–Crippen LogP) is 6.92. The van der Waals surface area contributed by atoms with E-state index in [0.29, 0.717) is 44.8 Å². The molecule has 0 saturated heterocycles. The number of fused-ring (bicyclic) bond motifs is 2. The van der Waals surface area contributed by atoms with Crippen LogP contribution in [0, 0.1) is 3.57 Å². The number of carbonyl (C=O) groups excluding carboxylic acids is 2. The quantitative estimate of drug-likeness (QED) is 0.245. The Morgan fingerprint density at radius 1 is 1.03 bits per heavy atom. The number of allylic oxidation sites excluding steroid dienone is 2. The van der Waals surface area contributed by atoms with Gasteiger partial charge in [-0.25, -0.2) is 4.79 Å². The van der Waals surface area contributed by atoms with Gasteiger partial charge in [0.1, 0.15) is 12.4 Å². The van der Waals surface area contributed by atoms with Crippen molar-refractivity contribution in [2.24, 2.45) is 0 Å². The number of rotatable bonds is 5. The highest BCUT2D eigenvalue weighted by Crippen LogP contribution is 2.47. The Morgan fingerprint density at radius 2 is 1.78 bits per heavy atom. The number of hydrogen-bond donors (Lipinski definition) is 1. The Hall–Kier alpha value is -2.81. The molecule has 2 aliphatic rings. The lowest BCUT2D eigenvalue weighted by Gasteiger charge is -2.29. The van der Waals surface area contributed by atoms with Gasteiger partial charge in [-0.3, -0.25) is 4.79 Å². The number of hydrogen-bond acceptors (Lipinski definition) is 5. The summed E-state index contributed by atoms with van der Waals surface area (Å²) in [5.74, 6) is -0.474. The summed E-state index contributed by atoms with van der Waals surface area (Å²) in [5.41, 5.74) is 5.50. The maximum absolute atomic E-state index is 13.5. The summed E-state index contributed by atoms with van der Waals surface area (Å²) in [4.78, 5) is 26.4. The molecule has 3 aromatic rings. The third-order valence-corrected chi connectivity index (χ3v) is 7.90. The van der Waals surface area contributed by atoms with Gasteiger partial charge in [0.2, 0.25) is 0 Å². The second-order valence-corrected chi connectivity index (χ2v) is 10.5. The fraction of sp³-hybridized carbons (Fsp3) is 0.143. The van der Waals surface area contributed by atoms with Crippen LogP contribution in [0.25, 0.3) is 5.70 Å². The average Bonchev–Trinajstić information content (AvgIpc) is 3.15. The van der Waals surface area contributed by atoms with Gasteiger partial charge in [-0.1, -0.05) is 59.6 Å². The van der Waals surface area contributed by atoms with Crippen LogP contribution in [-0.2, 0) is 16.1 Å². The molecule has 5 rings (SSSR count). The smallest absolute Gasteiger partial charge is 0.336 e. The molecule has 0 bridgehead atoms. The molecule has 1 atom stereocenters. The Labute approximate surface area is 232 Å². The minimum absolute atomic E-state index is 0.0954. The van der Waals surface area contributed by atoms with Crippen LogP contribution < -0.4 is 10.1 Å². The lowest BCUT2D eigenvalue weighted by atomic mass is 9.80. The Kier molecular flexibility index (Phi) is 6.85. The van der Waals surface area contributed by atoms with E-state index in [1.54, 1.807) is 12.1 Å². The van der Waals surface area contributed by atoms with Crippen molar-refractivity contribution in [2.75, 3.05) is 7.11 Å². The minimum atomic E-state index is -0.578. The van der Waals surface area contributed by atoms with Crippen molar-refractivity contribution < 1.29 is 19.1 Å². The van der Waals surface area contributed by atoms with E-state index in [1.165, 1.54) is 7.11 Å². The third-order valence-electron chi connectivity index (χ3n) is 6.32. The maximum atomic E-state index is 13.5. The molecule has 1 heterocycles. The first kappa shape index (κ1) is 24.9. The molecule has 0 amide bonds. The van der Waals surface area contributed by atoms with Gasteiger partial charge in [-0.2, -0.15) is 0 Å². The van der Waals surface area contributed by atoms with Gasteiger partial charge in [0.05, 0.1) is 32.0 Å². The zero-order chi connectivity index (χ0) is 25.6. The molecule has 0 unspecified atom stereocenters. The second-order valence-electron chi connectivity index (χ2n) is 8.48. The Bertz CT molecular complexity index is 1490. The topological polar surface area (TPSA) is 64.6 Å². The summed E-state index contributed by atoms with van der Waals surface area (Å²) in [6.07, 6.45) is 0. The van der Waals surface area contributed by atoms with Crippen LogP contribution in [0.4, 0.5) is 0 Å². The molecule has 3 aromatic carbocycles. The summed E-state index contributed by atoms with van der Waals surface area (Å²) in [6, 6.07) is 18.5. The van der Waals surface area contributed by atoms with E-state index >= 15 is 0 Å². The lowest BCUT2D eigenvalue weighted by Crippen LogP contribution is -2.29. The SMILES string of the molecule is COC(=O)C1=C(C)NC2=C(C(=O)c3ccccc32)[C@H]1c1ccc(OCc2ccc(Cl)c(Cl)c2)c(I)c1. The van der Waals surface area contributed by atoms with E-state index < -0.39 is 11.9 Å². The molecule has 0 fully saturated rings. The van der Waals surface area contributed by atoms with Crippen molar-refractivity contribution in [3.63, 3.8) is 0 Å². The van der Waals surface area contributed by atoms with E-state index in [9.17, 15) is 9.59 Å². The summed E-state index contributed by atoms with van der Waals surface area (Å²) in [7, 11) is 1.35. The van der Waals surface area contributed by atoms with E-state index in [1.807, 2.05) is 55.5 Å². The molecule has 1 aliphatic heterocycles. The standard InChI is InChI=1S/C28H20Cl2INO4/c1-14-23(28(34)35-2)24(25-26(32-14)17-5-3-4-6-18(17)27(25)33)16-8-10-22(21(31)12-16)36-13-15-7-9-19(29)20(30)11-15/h3-12,24,32H,13H2,1-2H3/t24-/m0/s1. The fourth-order valence-electron chi connectivity index (χ4n) is 4.65. The van der Waals surface area contributed by atoms with Crippen molar-refractivity contribution >= 4 is 63.2 Å². The van der Waals surface area contributed by atoms with Crippen LogP contribution in [0.5, 0.6) is 5.75 Å². The van der Waals surface area contributed by atoms with Gasteiger partial charge in [0, 0.05) is 28.3 Å². The number of dihydropyridines is 1. The van der Waals surface area contributed by atoms with Crippen LogP contribution >= 0.6 is 45.8 Å². The summed E-state index contributed by atoms with van der Waals surface area (Å²) >= 11 is 14.3. The fourth-order valence-corrected chi connectivity index (χ4v) is 5.66. The second kappa shape index (κ2) is 9.92. The first-order chi connectivity index (χ1) is 17.3. The van der Waals surface area contributed by atoms with Crippen molar-refractivity contribution in [3.8, 4) is 5.75 Å². The highest BCUT2D eigenvalue weighted by atomic mass is 127. The molecular formula is C28H20Cl2INO4. The van der Waals surface area contributed by atoms with Gasteiger partial charge >= 0.3 is 5.97 Å². The molecule has 8 heteroatoms. The van der Waals surface area contributed by atoms with Crippen molar-refractivity contribution in [2.45, 2.75) is 19.4 Å². The number of ketones is 1. The molecule has 0 aromatic heterocycles. The van der Waals surface area contributed by atoms with Crippen molar-refractivity contribution in [1.29, 1.82) is 0 Å².